The van der Waals surface area contributed by atoms with Crippen molar-refractivity contribution >= 4 is 11.9 Å². The molecule has 0 radical (unpaired) electrons. The minimum absolute atomic E-state index is 0.0697. The third kappa shape index (κ3) is 3.09. The first-order valence-corrected chi connectivity index (χ1v) is 6.67. The van der Waals surface area contributed by atoms with Gasteiger partial charge in [-0.3, -0.25) is 4.79 Å². The van der Waals surface area contributed by atoms with Gasteiger partial charge in [-0.15, -0.1) is 0 Å². The highest BCUT2D eigenvalue weighted by Crippen LogP contribution is 2.31. The van der Waals surface area contributed by atoms with Crippen LogP contribution in [0.15, 0.2) is 42.5 Å². The van der Waals surface area contributed by atoms with Crippen molar-refractivity contribution in [3.8, 4) is 16.9 Å². The maximum atomic E-state index is 11.9. The van der Waals surface area contributed by atoms with Gasteiger partial charge in [-0.25, -0.2) is 4.79 Å². The van der Waals surface area contributed by atoms with Gasteiger partial charge in [0.2, 0.25) is 0 Å². The molecule has 0 aliphatic heterocycles. The fraction of sp³-hybridized carbons (Fsp3) is 0.176. The van der Waals surface area contributed by atoms with Gasteiger partial charge in [0.1, 0.15) is 5.75 Å². The van der Waals surface area contributed by atoms with Gasteiger partial charge in [0.05, 0.1) is 12.7 Å². The Morgan fingerprint density at radius 2 is 1.59 bits per heavy atom. The molecule has 2 rings (SSSR count). The predicted molar refractivity (Wildman–Crippen MR) is 83.4 cm³/mol. The molecule has 0 spiro atoms. The molecule has 1 amide bonds. The lowest BCUT2D eigenvalue weighted by molar-refractivity contribution is 0.0696. The molecule has 22 heavy (non-hydrogen) atoms. The zero-order chi connectivity index (χ0) is 16.3. The van der Waals surface area contributed by atoms with E-state index in [0.29, 0.717) is 11.3 Å². The normalized spacial score (nSPS) is 10.1. The van der Waals surface area contributed by atoms with E-state index in [1.807, 2.05) is 12.1 Å². The second-order valence-corrected chi connectivity index (χ2v) is 5.00. The molecule has 0 aliphatic rings. The molecule has 0 heterocycles. The van der Waals surface area contributed by atoms with Crippen molar-refractivity contribution in [1.29, 1.82) is 0 Å². The quantitative estimate of drug-likeness (QED) is 0.942. The van der Waals surface area contributed by atoms with Gasteiger partial charge in [0, 0.05) is 25.2 Å². The standard InChI is InChI=1S/C17H17NO4/c1-18(2)16(19)12-6-4-11(5-7-12)14-9-8-13(17(20)21)10-15(14)22-3/h4-10H,1-3H3,(H,20,21). The molecule has 5 nitrogen and oxygen atoms in total. The summed E-state index contributed by atoms with van der Waals surface area (Å²) in [6, 6.07) is 11.8. The lowest BCUT2D eigenvalue weighted by Gasteiger charge is -2.12. The molecule has 1 N–H and O–H groups in total. The molecule has 2 aromatic carbocycles. The molecule has 0 saturated carbocycles. The molecule has 114 valence electrons. The molecule has 0 aliphatic carbocycles. The summed E-state index contributed by atoms with van der Waals surface area (Å²) in [6.07, 6.45) is 0. The zero-order valence-corrected chi connectivity index (χ0v) is 12.7. The summed E-state index contributed by atoms with van der Waals surface area (Å²) in [5, 5.41) is 9.02. The van der Waals surface area contributed by atoms with Crippen molar-refractivity contribution in [2.45, 2.75) is 0 Å². The number of hydrogen-bond acceptors (Lipinski definition) is 3. The van der Waals surface area contributed by atoms with E-state index in [0.717, 1.165) is 11.1 Å². The smallest absolute Gasteiger partial charge is 0.335 e. The first-order chi connectivity index (χ1) is 10.4. The number of rotatable bonds is 4. The number of nitrogens with zero attached hydrogens (tertiary/aromatic N) is 1. The lowest BCUT2D eigenvalue weighted by atomic mass is 10.0. The number of carbonyl (C=O) groups excluding carboxylic acids is 1. The first kappa shape index (κ1) is 15.6. The molecule has 0 saturated heterocycles. The van der Waals surface area contributed by atoms with Crippen LogP contribution in [0.2, 0.25) is 0 Å². The van der Waals surface area contributed by atoms with Gasteiger partial charge in [0.25, 0.3) is 5.91 Å². The van der Waals surface area contributed by atoms with Crippen LogP contribution in [0.1, 0.15) is 20.7 Å². The van der Waals surface area contributed by atoms with Crippen LogP contribution in [0.25, 0.3) is 11.1 Å². The molecule has 0 aromatic heterocycles. The minimum atomic E-state index is -1.00. The van der Waals surface area contributed by atoms with Crippen molar-refractivity contribution in [2.75, 3.05) is 21.2 Å². The SMILES string of the molecule is COc1cc(C(=O)O)ccc1-c1ccc(C(=O)N(C)C)cc1. The summed E-state index contributed by atoms with van der Waals surface area (Å²) >= 11 is 0. The fourth-order valence-corrected chi connectivity index (χ4v) is 2.11. The number of carboxylic acid groups (broad SMARTS) is 1. The van der Waals surface area contributed by atoms with Crippen LogP contribution in [0.4, 0.5) is 0 Å². The number of ether oxygens (including phenoxy) is 1. The van der Waals surface area contributed by atoms with Gasteiger partial charge < -0.3 is 14.7 Å². The highest BCUT2D eigenvalue weighted by atomic mass is 16.5. The number of aromatic carboxylic acids is 1. The third-order valence-electron chi connectivity index (χ3n) is 3.30. The van der Waals surface area contributed by atoms with Crippen LogP contribution in [-0.2, 0) is 0 Å². The van der Waals surface area contributed by atoms with Gasteiger partial charge in [-0.1, -0.05) is 12.1 Å². The molecule has 2 aromatic rings. The Morgan fingerprint density at radius 1 is 1.00 bits per heavy atom. The Hall–Kier alpha value is -2.82. The highest BCUT2D eigenvalue weighted by molar-refractivity contribution is 5.94. The van der Waals surface area contributed by atoms with E-state index in [1.165, 1.54) is 24.1 Å². The van der Waals surface area contributed by atoms with Gasteiger partial charge in [0.15, 0.2) is 0 Å². The van der Waals surface area contributed by atoms with Crippen molar-refractivity contribution in [2.24, 2.45) is 0 Å². The van der Waals surface area contributed by atoms with Crippen LogP contribution in [0.3, 0.4) is 0 Å². The monoisotopic (exact) mass is 299 g/mol. The summed E-state index contributed by atoms with van der Waals surface area (Å²) in [4.78, 5) is 24.4. The zero-order valence-electron chi connectivity index (χ0n) is 12.7. The molecular weight excluding hydrogens is 282 g/mol. The van der Waals surface area contributed by atoms with Crippen LogP contribution in [0.5, 0.6) is 5.75 Å². The minimum Gasteiger partial charge on any atom is -0.496 e. The summed E-state index contributed by atoms with van der Waals surface area (Å²) in [5.41, 5.74) is 2.38. The predicted octanol–water partition coefficient (Wildman–Crippen LogP) is 2.76. The highest BCUT2D eigenvalue weighted by Gasteiger charge is 2.12. The van der Waals surface area contributed by atoms with Crippen LogP contribution in [0, 0.1) is 0 Å². The lowest BCUT2D eigenvalue weighted by Crippen LogP contribution is -2.21. The van der Waals surface area contributed by atoms with Crippen molar-refractivity contribution in [3.63, 3.8) is 0 Å². The number of benzene rings is 2. The van der Waals surface area contributed by atoms with E-state index in [4.69, 9.17) is 9.84 Å². The summed E-state index contributed by atoms with van der Waals surface area (Å²) in [7, 11) is 4.89. The van der Waals surface area contributed by atoms with E-state index in [9.17, 15) is 9.59 Å². The topological polar surface area (TPSA) is 66.8 Å². The number of amides is 1. The molecular formula is C17H17NO4. The second-order valence-electron chi connectivity index (χ2n) is 5.00. The Morgan fingerprint density at radius 3 is 2.09 bits per heavy atom. The molecule has 0 fully saturated rings. The van der Waals surface area contributed by atoms with Crippen LogP contribution in [-0.4, -0.2) is 43.1 Å². The first-order valence-electron chi connectivity index (χ1n) is 6.67. The van der Waals surface area contributed by atoms with E-state index in [-0.39, 0.29) is 11.5 Å². The van der Waals surface area contributed by atoms with E-state index in [2.05, 4.69) is 0 Å². The Labute approximate surface area is 128 Å². The van der Waals surface area contributed by atoms with Crippen molar-refractivity contribution in [3.05, 3.63) is 53.6 Å². The van der Waals surface area contributed by atoms with Crippen LogP contribution >= 0.6 is 0 Å². The maximum Gasteiger partial charge on any atom is 0.335 e. The summed E-state index contributed by atoms with van der Waals surface area (Å²) < 4.78 is 5.27. The van der Waals surface area contributed by atoms with Crippen LogP contribution < -0.4 is 4.74 Å². The van der Waals surface area contributed by atoms with E-state index < -0.39 is 5.97 Å². The number of carbonyl (C=O) groups is 2. The van der Waals surface area contributed by atoms with E-state index in [1.54, 1.807) is 32.3 Å². The molecule has 0 atom stereocenters. The van der Waals surface area contributed by atoms with Crippen molar-refractivity contribution in [1.82, 2.24) is 4.90 Å². The fourth-order valence-electron chi connectivity index (χ4n) is 2.11. The number of carboxylic acids is 1. The average molecular weight is 299 g/mol. The summed E-state index contributed by atoms with van der Waals surface area (Å²) in [5.74, 6) is -0.594. The van der Waals surface area contributed by atoms with Crippen molar-refractivity contribution < 1.29 is 19.4 Å². The third-order valence-corrected chi connectivity index (χ3v) is 3.30. The molecule has 0 unspecified atom stereocenters. The molecule has 0 bridgehead atoms. The second kappa shape index (κ2) is 6.30. The number of hydrogen-bond donors (Lipinski definition) is 1. The molecule has 5 heteroatoms. The van der Waals surface area contributed by atoms with E-state index >= 15 is 0 Å². The maximum absolute atomic E-state index is 11.9. The Bertz CT molecular complexity index is 705. The Balaban J connectivity index is 2.40. The largest absolute Gasteiger partial charge is 0.496 e. The van der Waals surface area contributed by atoms with Gasteiger partial charge in [-0.05, 0) is 35.9 Å². The summed E-state index contributed by atoms with van der Waals surface area (Å²) in [6.45, 7) is 0. The van der Waals surface area contributed by atoms with Gasteiger partial charge in [-0.2, -0.15) is 0 Å². The number of methoxy groups -OCH3 is 1. The average Bonchev–Trinajstić information content (AvgIpc) is 2.53. The van der Waals surface area contributed by atoms with Gasteiger partial charge >= 0.3 is 5.97 Å². The Kier molecular flexibility index (Phi) is 4.46.